The Labute approximate surface area is 92.7 Å². The molecule has 16 heavy (non-hydrogen) atoms. The Morgan fingerprint density at radius 3 is 2.88 bits per heavy atom. The van der Waals surface area contributed by atoms with Gasteiger partial charge in [-0.15, -0.1) is 0 Å². The zero-order valence-corrected chi connectivity index (χ0v) is 8.63. The smallest absolute Gasteiger partial charge is 0.248 e. The zero-order valence-electron chi connectivity index (χ0n) is 8.63. The van der Waals surface area contributed by atoms with Gasteiger partial charge >= 0.3 is 0 Å². The highest BCUT2D eigenvalue weighted by molar-refractivity contribution is 5.92. The lowest BCUT2D eigenvalue weighted by atomic mass is 10.1. The lowest BCUT2D eigenvalue weighted by molar-refractivity contribution is 0.1000. The Bertz CT molecular complexity index is 518. The van der Waals surface area contributed by atoms with Gasteiger partial charge < -0.3 is 11.5 Å². The third-order valence-corrected chi connectivity index (χ3v) is 2.21. The number of anilines is 1. The molecule has 0 saturated carbocycles. The van der Waals surface area contributed by atoms with Gasteiger partial charge in [0.15, 0.2) is 0 Å². The van der Waals surface area contributed by atoms with Crippen LogP contribution in [-0.2, 0) is 6.54 Å². The summed E-state index contributed by atoms with van der Waals surface area (Å²) < 4.78 is 1.70. The topological polar surface area (TPSA) is 86.9 Å². The van der Waals surface area contributed by atoms with Crippen molar-refractivity contribution in [2.45, 2.75) is 6.54 Å². The fourth-order valence-electron chi connectivity index (χ4n) is 1.48. The predicted molar refractivity (Wildman–Crippen MR) is 60.7 cm³/mol. The summed E-state index contributed by atoms with van der Waals surface area (Å²) in [5.74, 6) is -0.429. The molecule has 0 aliphatic rings. The molecule has 1 aromatic carbocycles. The predicted octanol–water partition coefficient (Wildman–Crippen LogP) is 0.612. The van der Waals surface area contributed by atoms with Gasteiger partial charge in [-0.05, 0) is 17.7 Å². The Kier molecular flexibility index (Phi) is 2.59. The van der Waals surface area contributed by atoms with Gasteiger partial charge in [0, 0.05) is 11.8 Å². The van der Waals surface area contributed by atoms with Crippen LogP contribution in [-0.4, -0.2) is 15.7 Å². The van der Waals surface area contributed by atoms with E-state index in [0.717, 1.165) is 5.56 Å². The average molecular weight is 216 g/mol. The Hall–Kier alpha value is -2.30. The molecule has 4 N–H and O–H groups in total. The number of hydrogen-bond acceptors (Lipinski definition) is 3. The number of hydrogen-bond donors (Lipinski definition) is 2. The van der Waals surface area contributed by atoms with Crippen molar-refractivity contribution in [3.8, 4) is 0 Å². The molecule has 0 aliphatic carbocycles. The van der Waals surface area contributed by atoms with Crippen LogP contribution in [0.5, 0.6) is 0 Å². The zero-order chi connectivity index (χ0) is 11.5. The molecule has 0 atom stereocenters. The van der Waals surface area contributed by atoms with Crippen LogP contribution in [0.3, 0.4) is 0 Å². The number of carbonyl (C=O) groups is 1. The van der Waals surface area contributed by atoms with Gasteiger partial charge in [0.1, 0.15) is 0 Å². The highest BCUT2D eigenvalue weighted by Crippen LogP contribution is 2.07. The molecule has 0 aliphatic heterocycles. The molecule has 0 fully saturated rings. The lowest BCUT2D eigenvalue weighted by Crippen LogP contribution is -2.11. The van der Waals surface area contributed by atoms with Crippen molar-refractivity contribution in [1.29, 1.82) is 0 Å². The minimum atomic E-state index is -0.429. The molecule has 5 nitrogen and oxygen atoms in total. The first kappa shape index (κ1) is 10.2. The van der Waals surface area contributed by atoms with Crippen LogP contribution in [0.25, 0.3) is 0 Å². The van der Waals surface area contributed by atoms with Crippen LogP contribution in [0.15, 0.2) is 36.7 Å². The number of primary amides is 1. The molecule has 2 aromatic rings. The molecule has 0 unspecified atom stereocenters. The molecule has 1 amide bonds. The van der Waals surface area contributed by atoms with Crippen LogP contribution in [0.2, 0.25) is 0 Å². The number of nitrogen functional groups attached to an aromatic ring is 1. The van der Waals surface area contributed by atoms with Gasteiger partial charge in [-0.3, -0.25) is 9.48 Å². The molecule has 82 valence electrons. The first-order valence-corrected chi connectivity index (χ1v) is 4.82. The maximum Gasteiger partial charge on any atom is 0.248 e. The number of nitrogens with zero attached hydrogens (tertiary/aromatic N) is 2. The van der Waals surface area contributed by atoms with E-state index in [9.17, 15) is 4.79 Å². The quantitative estimate of drug-likeness (QED) is 0.788. The molecule has 0 radical (unpaired) electrons. The molecular weight excluding hydrogens is 204 g/mol. The normalized spacial score (nSPS) is 10.2. The fraction of sp³-hybridized carbons (Fsp3) is 0.0909. The summed E-state index contributed by atoms with van der Waals surface area (Å²) in [5.41, 5.74) is 12.8. The van der Waals surface area contributed by atoms with Crippen LogP contribution in [0, 0.1) is 0 Å². The third-order valence-electron chi connectivity index (χ3n) is 2.21. The van der Waals surface area contributed by atoms with E-state index >= 15 is 0 Å². The van der Waals surface area contributed by atoms with Gasteiger partial charge in [0.05, 0.1) is 18.4 Å². The first-order valence-electron chi connectivity index (χ1n) is 4.82. The van der Waals surface area contributed by atoms with Crippen LogP contribution >= 0.6 is 0 Å². The Morgan fingerprint density at radius 1 is 1.44 bits per heavy atom. The van der Waals surface area contributed by atoms with Crippen molar-refractivity contribution < 1.29 is 4.79 Å². The number of carbonyl (C=O) groups excluding carboxylic acids is 1. The van der Waals surface area contributed by atoms with Crippen molar-refractivity contribution in [2.24, 2.45) is 5.73 Å². The van der Waals surface area contributed by atoms with Crippen molar-refractivity contribution in [3.63, 3.8) is 0 Å². The van der Waals surface area contributed by atoms with Crippen LogP contribution in [0.4, 0.5) is 5.69 Å². The second kappa shape index (κ2) is 4.06. The van der Waals surface area contributed by atoms with Crippen LogP contribution < -0.4 is 11.5 Å². The van der Waals surface area contributed by atoms with Gasteiger partial charge in [-0.2, -0.15) is 5.10 Å². The van der Waals surface area contributed by atoms with E-state index in [1.807, 2.05) is 6.07 Å². The number of aromatic nitrogens is 2. The standard InChI is InChI=1S/C11H12N4O/c12-10-5-14-15(7-10)6-8-2-1-3-9(4-8)11(13)16/h1-5,7H,6,12H2,(H2,13,16). The minimum Gasteiger partial charge on any atom is -0.396 e. The van der Waals surface area contributed by atoms with E-state index in [-0.39, 0.29) is 0 Å². The average Bonchev–Trinajstić information content (AvgIpc) is 2.64. The van der Waals surface area contributed by atoms with Gasteiger partial charge in [0.25, 0.3) is 0 Å². The molecule has 0 saturated heterocycles. The number of rotatable bonds is 3. The van der Waals surface area contributed by atoms with Crippen molar-refractivity contribution in [3.05, 3.63) is 47.8 Å². The van der Waals surface area contributed by atoms with Gasteiger partial charge in [-0.25, -0.2) is 0 Å². The number of nitrogens with two attached hydrogens (primary N) is 2. The van der Waals surface area contributed by atoms with E-state index in [2.05, 4.69) is 5.10 Å². The number of amides is 1. The molecule has 0 spiro atoms. The van der Waals surface area contributed by atoms with Gasteiger partial charge in [0.2, 0.25) is 5.91 Å². The monoisotopic (exact) mass is 216 g/mol. The van der Waals surface area contributed by atoms with E-state index < -0.39 is 5.91 Å². The second-order valence-corrected chi connectivity index (χ2v) is 3.54. The van der Waals surface area contributed by atoms with E-state index in [1.165, 1.54) is 0 Å². The molecule has 1 heterocycles. The number of benzene rings is 1. The summed E-state index contributed by atoms with van der Waals surface area (Å²) in [6, 6.07) is 7.14. The third kappa shape index (κ3) is 2.20. The summed E-state index contributed by atoms with van der Waals surface area (Å²) in [6.07, 6.45) is 3.31. The molecule has 2 rings (SSSR count). The largest absolute Gasteiger partial charge is 0.396 e. The minimum absolute atomic E-state index is 0.429. The molecule has 0 bridgehead atoms. The Balaban J connectivity index is 2.21. The second-order valence-electron chi connectivity index (χ2n) is 3.54. The van der Waals surface area contributed by atoms with E-state index in [1.54, 1.807) is 35.3 Å². The summed E-state index contributed by atoms with van der Waals surface area (Å²) in [4.78, 5) is 11.0. The highest BCUT2D eigenvalue weighted by atomic mass is 16.1. The molecular formula is C11H12N4O. The fourth-order valence-corrected chi connectivity index (χ4v) is 1.48. The summed E-state index contributed by atoms with van der Waals surface area (Å²) >= 11 is 0. The van der Waals surface area contributed by atoms with Crippen molar-refractivity contribution in [1.82, 2.24) is 9.78 Å². The lowest BCUT2D eigenvalue weighted by Gasteiger charge is -2.03. The maximum absolute atomic E-state index is 11.0. The first-order chi connectivity index (χ1) is 7.65. The van der Waals surface area contributed by atoms with Gasteiger partial charge in [-0.1, -0.05) is 12.1 Å². The maximum atomic E-state index is 11.0. The summed E-state index contributed by atoms with van der Waals surface area (Å²) in [7, 11) is 0. The van der Waals surface area contributed by atoms with E-state index in [0.29, 0.717) is 17.8 Å². The Morgan fingerprint density at radius 2 is 2.25 bits per heavy atom. The van der Waals surface area contributed by atoms with Crippen molar-refractivity contribution >= 4 is 11.6 Å². The van der Waals surface area contributed by atoms with Crippen molar-refractivity contribution in [2.75, 3.05) is 5.73 Å². The molecule has 1 aromatic heterocycles. The molecule has 5 heteroatoms. The SMILES string of the molecule is NC(=O)c1cccc(Cn2cc(N)cn2)c1. The van der Waals surface area contributed by atoms with E-state index in [4.69, 9.17) is 11.5 Å². The summed E-state index contributed by atoms with van der Waals surface area (Å²) in [6.45, 7) is 0.568. The van der Waals surface area contributed by atoms with Crippen LogP contribution in [0.1, 0.15) is 15.9 Å². The summed E-state index contributed by atoms with van der Waals surface area (Å²) in [5, 5.41) is 4.06. The highest BCUT2D eigenvalue weighted by Gasteiger charge is 2.02.